The smallest absolute Gasteiger partial charge is 0.114 e. The second kappa shape index (κ2) is 5.06. The van der Waals surface area contributed by atoms with Gasteiger partial charge in [-0.05, 0) is 20.0 Å². The molecule has 0 bridgehead atoms. The van der Waals surface area contributed by atoms with E-state index in [1.807, 2.05) is 20.8 Å². The Morgan fingerprint density at radius 3 is 2.44 bits per heavy atom. The van der Waals surface area contributed by atoms with E-state index in [1.165, 1.54) is 11.1 Å². The van der Waals surface area contributed by atoms with Crippen LogP contribution in [0.25, 0.3) is 11.0 Å². The lowest BCUT2D eigenvalue weighted by Gasteiger charge is -2.35. The van der Waals surface area contributed by atoms with Crippen molar-refractivity contribution in [3.05, 3.63) is 23.5 Å². The van der Waals surface area contributed by atoms with Crippen LogP contribution < -0.4 is 0 Å². The third-order valence-corrected chi connectivity index (χ3v) is 3.39. The molecule has 2 aromatic rings. The standard InChI is InChI=1S/C12H16N4.C2H6/c1-8-4-11-12(14-13-8)10(7-16(11)3)9-5-15(2)6-9;1-2/h4,7,9H,5-6H2,1-3H3;1-2H3. The third-order valence-electron chi connectivity index (χ3n) is 3.39. The highest BCUT2D eigenvalue weighted by atomic mass is 15.2. The quantitative estimate of drug-likeness (QED) is 0.774. The van der Waals surface area contributed by atoms with Gasteiger partial charge in [0.15, 0.2) is 0 Å². The Labute approximate surface area is 109 Å². The van der Waals surface area contributed by atoms with Crippen LogP contribution in [0, 0.1) is 6.92 Å². The van der Waals surface area contributed by atoms with Crippen molar-refractivity contribution in [1.29, 1.82) is 0 Å². The van der Waals surface area contributed by atoms with E-state index >= 15 is 0 Å². The number of likely N-dealkylation sites (N-methyl/N-ethyl adjacent to an activating group) is 1. The van der Waals surface area contributed by atoms with Crippen molar-refractivity contribution in [3.8, 4) is 0 Å². The summed E-state index contributed by atoms with van der Waals surface area (Å²) >= 11 is 0. The van der Waals surface area contributed by atoms with E-state index in [2.05, 4.69) is 46.0 Å². The molecule has 0 aromatic carbocycles. The molecular weight excluding hydrogens is 224 g/mol. The Bertz CT molecular complexity index is 538. The average molecular weight is 246 g/mol. The Hall–Kier alpha value is -1.42. The molecule has 1 aliphatic rings. The Balaban J connectivity index is 0.000000574. The van der Waals surface area contributed by atoms with Crippen LogP contribution in [-0.2, 0) is 7.05 Å². The number of likely N-dealkylation sites (tertiary alicyclic amines) is 1. The van der Waals surface area contributed by atoms with Gasteiger partial charge >= 0.3 is 0 Å². The summed E-state index contributed by atoms with van der Waals surface area (Å²) in [6.45, 7) is 8.25. The lowest BCUT2D eigenvalue weighted by Crippen LogP contribution is -2.41. The summed E-state index contributed by atoms with van der Waals surface area (Å²) in [4.78, 5) is 2.32. The molecule has 18 heavy (non-hydrogen) atoms. The maximum atomic E-state index is 4.34. The van der Waals surface area contributed by atoms with Crippen molar-refractivity contribution >= 4 is 11.0 Å². The maximum Gasteiger partial charge on any atom is 0.114 e. The third kappa shape index (κ3) is 2.12. The molecule has 3 rings (SSSR count). The first kappa shape index (κ1) is 13.0. The number of fused-ring (bicyclic) bond motifs is 1. The fourth-order valence-electron chi connectivity index (χ4n) is 2.48. The monoisotopic (exact) mass is 246 g/mol. The first-order valence-corrected chi connectivity index (χ1v) is 6.63. The molecule has 0 aliphatic carbocycles. The van der Waals surface area contributed by atoms with Crippen LogP contribution in [0.3, 0.4) is 0 Å². The fraction of sp³-hybridized carbons (Fsp3) is 0.571. The number of hydrogen-bond acceptors (Lipinski definition) is 3. The molecule has 2 aromatic heterocycles. The second-order valence-electron chi connectivity index (χ2n) is 4.83. The molecule has 0 N–H and O–H groups in total. The van der Waals surface area contributed by atoms with Crippen molar-refractivity contribution in [3.63, 3.8) is 0 Å². The minimum absolute atomic E-state index is 0.630. The normalized spacial score (nSPS) is 16.3. The number of nitrogens with zero attached hydrogens (tertiary/aromatic N) is 4. The summed E-state index contributed by atoms with van der Waals surface area (Å²) in [6.07, 6.45) is 2.20. The highest BCUT2D eigenvalue weighted by Crippen LogP contribution is 2.31. The number of aromatic nitrogens is 3. The summed E-state index contributed by atoms with van der Waals surface area (Å²) in [5, 5.41) is 8.50. The van der Waals surface area contributed by atoms with Crippen molar-refractivity contribution < 1.29 is 0 Å². The van der Waals surface area contributed by atoms with Crippen molar-refractivity contribution in [2.45, 2.75) is 26.7 Å². The highest BCUT2D eigenvalue weighted by molar-refractivity contribution is 5.80. The number of aryl methyl sites for hydroxylation is 2. The SMILES string of the molecule is CC.Cc1cc2c(nn1)c(C1CN(C)C1)cn2C. The van der Waals surface area contributed by atoms with Gasteiger partial charge in [-0.3, -0.25) is 0 Å². The maximum absolute atomic E-state index is 4.34. The molecule has 98 valence electrons. The van der Waals surface area contributed by atoms with Gasteiger partial charge in [-0.25, -0.2) is 0 Å². The number of rotatable bonds is 1. The van der Waals surface area contributed by atoms with E-state index in [-0.39, 0.29) is 0 Å². The van der Waals surface area contributed by atoms with E-state index < -0.39 is 0 Å². The molecule has 0 radical (unpaired) electrons. The molecular formula is C14H22N4. The van der Waals surface area contributed by atoms with Crippen molar-refractivity contribution in [2.24, 2.45) is 7.05 Å². The van der Waals surface area contributed by atoms with Gasteiger partial charge < -0.3 is 9.47 Å². The van der Waals surface area contributed by atoms with Crippen LogP contribution in [0.15, 0.2) is 12.3 Å². The fourth-order valence-corrected chi connectivity index (χ4v) is 2.48. The van der Waals surface area contributed by atoms with Gasteiger partial charge in [-0.1, -0.05) is 13.8 Å². The Morgan fingerprint density at radius 1 is 1.17 bits per heavy atom. The zero-order valence-corrected chi connectivity index (χ0v) is 11.9. The second-order valence-corrected chi connectivity index (χ2v) is 4.83. The summed E-state index contributed by atoms with van der Waals surface area (Å²) < 4.78 is 2.16. The Kier molecular flexibility index (Phi) is 3.66. The first-order valence-electron chi connectivity index (χ1n) is 6.63. The molecule has 4 nitrogen and oxygen atoms in total. The molecule has 0 unspecified atom stereocenters. The van der Waals surface area contributed by atoms with Gasteiger partial charge in [-0.15, -0.1) is 5.10 Å². The molecule has 1 aliphatic heterocycles. The predicted octanol–water partition coefficient (Wildman–Crippen LogP) is 2.33. The molecule has 1 fully saturated rings. The van der Waals surface area contributed by atoms with Gasteiger partial charge in [0.1, 0.15) is 5.52 Å². The predicted molar refractivity (Wildman–Crippen MR) is 74.8 cm³/mol. The first-order chi connectivity index (χ1) is 8.65. The van der Waals surface area contributed by atoms with Crippen molar-refractivity contribution in [2.75, 3.05) is 20.1 Å². The van der Waals surface area contributed by atoms with E-state index in [9.17, 15) is 0 Å². The number of hydrogen-bond donors (Lipinski definition) is 0. The topological polar surface area (TPSA) is 34.0 Å². The molecule has 0 saturated carbocycles. The van der Waals surface area contributed by atoms with Crippen LogP contribution in [0.2, 0.25) is 0 Å². The van der Waals surface area contributed by atoms with Gasteiger partial charge in [0.25, 0.3) is 0 Å². The lowest BCUT2D eigenvalue weighted by molar-refractivity contribution is 0.190. The lowest BCUT2D eigenvalue weighted by atomic mass is 9.93. The molecule has 4 heteroatoms. The van der Waals surface area contributed by atoms with Gasteiger partial charge in [-0.2, -0.15) is 5.10 Å². The Morgan fingerprint density at radius 2 is 1.83 bits per heavy atom. The molecule has 0 spiro atoms. The summed E-state index contributed by atoms with van der Waals surface area (Å²) in [6, 6.07) is 2.11. The van der Waals surface area contributed by atoms with Crippen LogP contribution >= 0.6 is 0 Å². The van der Waals surface area contributed by atoms with Crippen LogP contribution in [0.1, 0.15) is 31.0 Å². The summed E-state index contributed by atoms with van der Waals surface area (Å²) in [5.41, 5.74) is 4.59. The van der Waals surface area contributed by atoms with E-state index in [0.29, 0.717) is 5.92 Å². The van der Waals surface area contributed by atoms with E-state index in [1.54, 1.807) is 0 Å². The van der Waals surface area contributed by atoms with E-state index in [4.69, 9.17) is 0 Å². The largest absolute Gasteiger partial charge is 0.349 e. The summed E-state index contributed by atoms with van der Waals surface area (Å²) in [7, 11) is 4.23. The zero-order valence-electron chi connectivity index (χ0n) is 11.9. The van der Waals surface area contributed by atoms with Gasteiger partial charge in [0.2, 0.25) is 0 Å². The van der Waals surface area contributed by atoms with Crippen LogP contribution in [0.5, 0.6) is 0 Å². The van der Waals surface area contributed by atoms with Crippen LogP contribution in [0.4, 0.5) is 0 Å². The van der Waals surface area contributed by atoms with E-state index in [0.717, 1.165) is 24.3 Å². The molecule has 1 saturated heterocycles. The van der Waals surface area contributed by atoms with Crippen molar-refractivity contribution in [1.82, 2.24) is 19.7 Å². The van der Waals surface area contributed by atoms with Crippen LogP contribution in [-0.4, -0.2) is 39.8 Å². The molecule has 0 amide bonds. The van der Waals surface area contributed by atoms with Gasteiger partial charge in [0.05, 0.1) is 11.2 Å². The van der Waals surface area contributed by atoms with Gasteiger partial charge in [0, 0.05) is 37.8 Å². The summed E-state index contributed by atoms with van der Waals surface area (Å²) in [5.74, 6) is 0.630. The minimum Gasteiger partial charge on any atom is -0.349 e. The molecule has 0 atom stereocenters. The molecule has 3 heterocycles. The zero-order chi connectivity index (χ0) is 13.3. The average Bonchev–Trinajstić information content (AvgIpc) is 2.65. The highest BCUT2D eigenvalue weighted by Gasteiger charge is 2.28. The minimum atomic E-state index is 0.630.